The van der Waals surface area contributed by atoms with Gasteiger partial charge in [-0.15, -0.1) is 17.8 Å². The highest BCUT2D eigenvalue weighted by Gasteiger charge is 2.28. The molecule has 1 aromatic carbocycles. The summed E-state index contributed by atoms with van der Waals surface area (Å²) in [6.07, 6.45) is 5.31. The smallest absolute Gasteiger partial charge is 0.445 e. The molecule has 0 N–H and O–H groups in total. The van der Waals surface area contributed by atoms with E-state index in [4.69, 9.17) is 6.42 Å². The molecule has 1 rings (SSSR count). The van der Waals surface area contributed by atoms with E-state index in [1.165, 1.54) is 6.92 Å². The number of halogens is 4. The standard InChI is InChI=1S/C10H8BF3I/c1-3-4-8-5-9(11(12,13)14)7(2)10(15)6-8/h1,5-6H,4H2,2H3/q-1. The van der Waals surface area contributed by atoms with Crippen molar-refractivity contribution in [3.63, 3.8) is 0 Å². The van der Waals surface area contributed by atoms with Crippen LogP contribution >= 0.6 is 22.6 Å². The van der Waals surface area contributed by atoms with Gasteiger partial charge in [0.15, 0.2) is 0 Å². The van der Waals surface area contributed by atoms with Gasteiger partial charge < -0.3 is 12.9 Å². The molecule has 0 aliphatic rings. The van der Waals surface area contributed by atoms with Crippen LogP contribution in [0.1, 0.15) is 11.1 Å². The van der Waals surface area contributed by atoms with E-state index < -0.39 is 12.4 Å². The van der Waals surface area contributed by atoms with E-state index in [1.807, 2.05) is 22.6 Å². The van der Waals surface area contributed by atoms with Crippen molar-refractivity contribution in [3.8, 4) is 12.3 Å². The number of rotatable bonds is 2. The first-order valence-corrected chi connectivity index (χ1v) is 5.36. The van der Waals surface area contributed by atoms with E-state index in [0.29, 0.717) is 9.13 Å². The molecule has 5 heteroatoms. The summed E-state index contributed by atoms with van der Waals surface area (Å²) in [4.78, 5) is 0. The third kappa shape index (κ3) is 2.91. The van der Waals surface area contributed by atoms with Crippen molar-refractivity contribution in [2.24, 2.45) is 0 Å². The zero-order valence-electron chi connectivity index (χ0n) is 8.03. The summed E-state index contributed by atoms with van der Waals surface area (Å²) in [5, 5.41) is 0. The number of hydrogen-bond acceptors (Lipinski definition) is 0. The Labute approximate surface area is 100 Å². The van der Waals surface area contributed by atoms with Crippen LogP contribution in [0.5, 0.6) is 0 Å². The fourth-order valence-electron chi connectivity index (χ4n) is 1.32. The summed E-state index contributed by atoms with van der Waals surface area (Å²) in [7, 11) is 0. The monoisotopic (exact) mass is 323 g/mol. The Bertz CT molecular complexity index is 418. The molecule has 0 atom stereocenters. The Kier molecular flexibility index (Phi) is 3.71. The highest BCUT2D eigenvalue weighted by atomic mass is 127. The normalized spacial score (nSPS) is 11.2. The summed E-state index contributed by atoms with van der Waals surface area (Å²) in [5.41, 5.74) is 0.290. The van der Waals surface area contributed by atoms with Crippen LogP contribution in [-0.2, 0) is 6.42 Å². The largest absolute Gasteiger partial charge is 0.509 e. The average Bonchev–Trinajstić information content (AvgIpc) is 2.09. The second-order valence-corrected chi connectivity index (χ2v) is 4.41. The molecular formula is C10H8BF3I-. The first-order chi connectivity index (χ1) is 6.86. The van der Waals surface area contributed by atoms with Gasteiger partial charge in [0.05, 0.1) is 0 Å². The van der Waals surface area contributed by atoms with Crippen LogP contribution in [0.2, 0.25) is 0 Å². The van der Waals surface area contributed by atoms with Crippen molar-refractivity contribution in [3.05, 3.63) is 26.8 Å². The summed E-state index contributed by atoms with van der Waals surface area (Å²) in [6.45, 7) is -3.48. The van der Waals surface area contributed by atoms with Crippen molar-refractivity contribution in [1.82, 2.24) is 0 Å². The van der Waals surface area contributed by atoms with Gasteiger partial charge in [0.1, 0.15) is 0 Å². The molecule has 0 fully saturated rings. The lowest BCUT2D eigenvalue weighted by molar-refractivity contribution is 0.500. The molecule has 0 amide bonds. The van der Waals surface area contributed by atoms with Crippen molar-refractivity contribution < 1.29 is 12.9 Å². The first kappa shape index (κ1) is 12.4. The van der Waals surface area contributed by atoms with Gasteiger partial charge in [-0.3, -0.25) is 0 Å². The lowest BCUT2D eigenvalue weighted by Crippen LogP contribution is -2.37. The van der Waals surface area contributed by atoms with Gasteiger partial charge >= 0.3 is 6.98 Å². The fraction of sp³-hybridized carbons (Fsp3) is 0.200. The molecular weight excluding hydrogens is 315 g/mol. The second-order valence-electron chi connectivity index (χ2n) is 3.25. The fourth-order valence-corrected chi connectivity index (χ4v) is 2.03. The first-order valence-electron chi connectivity index (χ1n) is 4.28. The Morgan fingerprint density at radius 2 is 2.00 bits per heavy atom. The number of benzene rings is 1. The molecule has 0 aliphatic heterocycles. The predicted octanol–water partition coefficient (Wildman–Crippen LogP) is 2.83. The van der Waals surface area contributed by atoms with Gasteiger partial charge in [0.25, 0.3) is 0 Å². The van der Waals surface area contributed by atoms with Crippen LogP contribution in [0.25, 0.3) is 0 Å². The van der Waals surface area contributed by atoms with E-state index in [-0.39, 0.29) is 12.0 Å². The molecule has 0 spiro atoms. The Balaban J connectivity index is 3.33. The Morgan fingerprint density at radius 3 is 2.47 bits per heavy atom. The molecule has 0 unspecified atom stereocenters. The second kappa shape index (κ2) is 4.48. The third-order valence-corrected chi connectivity index (χ3v) is 3.22. The van der Waals surface area contributed by atoms with Gasteiger partial charge in [0.2, 0.25) is 0 Å². The predicted molar refractivity (Wildman–Crippen MR) is 65.1 cm³/mol. The molecule has 1 aromatic rings. The van der Waals surface area contributed by atoms with Crippen LogP contribution in [0.3, 0.4) is 0 Å². The summed E-state index contributed by atoms with van der Waals surface area (Å²) in [5.74, 6) is 2.35. The van der Waals surface area contributed by atoms with Crippen LogP contribution in [0.4, 0.5) is 12.9 Å². The number of terminal acetylenes is 1. The van der Waals surface area contributed by atoms with Crippen LogP contribution in [-0.4, -0.2) is 6.98 Å². The minimum Gasteiger partial charge on any atom is -0.445 e. The molecule has 80 valence electrons. The number of hydrogen-bond donors (Lipinski definition) is 0. The van der Waals surface area contributed by atoms with Crippen LogP contribution < -0.4 is 5.46 Å². The molecule has 0 nitrogen and oxygen atoms in total. The molecule has 0 saturated heterocycles. The minimum absolute atomic E-state index is 0.232. The van der Waals surface area contributed by atoms with Gasteiger partial charge in [0, 0.05) is 9.99 Å². The topological polar surface area (TPSA) is 0 Å². The molecule has 0 aliphatic carbocycles. The van der Waals surface area contributed by atoms with Crippen molar-refractivity contribution in [2.45, 2.75) is 13.3 Å². The van der Waals surface area contributed by atoms with E-state index in [1.54, 1.807) is 6.07 Å². The Morgan fingerprint density at radius 1 is 1.40 bits per heavy atom. The molecule has 0 radical (unpaired) electrons. The van der Waals surface area contributed by atoms with E-state index in [2.05, 4.69) is 5.92 Å². The van der Waals surface area contributed by atoms with Crippen molar-refractivity contribution >= 4 is 35.0 Å². The molecule has 15 heavy (non-hydrogen) atoms. The maximum atomic E-state index is 12.7. The maximum absolute atomic E-state index is 12.7. The molecule has 0 saturated carbocycles. The molecule has 0 bridgehead atoms. The average molecular weight is 323 g/mol. The highest BCUT2D eigenvalue weighted by molar-refractivity contribution is 14.1. The maximum Gasteiger partial charge on any atom is 0.509 e. The van der Waals surface area contributed by atoms with Gasteiger partial charge in [-0.25, -0.2) is 0 Å². The lowest BCUT2D eigenvalue weighted by Gasteiger charge is -2.20. The zero-order chi connectivity index (χ0) is 11.6. The van der Waals surface area contributed by atoms with Crippen molar-refractivity contribution in [1.29, 1.82) is 0 Å². The molecule has 0 heterocycles. The van der Waals surface area contributed by atoms with Gasteiger partial charge in [-0.1, -0.05) is 11.6 Å². The van der Waals surface area contributed by atoms with E-state index >= 15 is 0 Å². The highest BCUT2D eigenvalue weighted by Crippen LogP contribution is 2.18. The van der Waals surface area contributed by atoms with E-state index in [9.17, 15) is 12.9 Å². The van der Waals surface area contributed by atoms with Gasteiger partial charge in [-0.2, -0.15) is 0 Å². The summed E-state index contributed by atoms with van der Waals surface area (Å²) in [6, 6.07) is 2.85. The van der Waals surface area contributed by atoms with E-state index in [0.717, 1.165) is 6.07 Å². The third-order valence-electron chi connectivity index (χ3n) is 2.10. The minimum atomic E-state index is -4.96. The van der Waals surface area contributed by atoms with Crippen LogP contribution in [0.15, 0.2) is 12.1 Å². The van der Waals surface area contributed by atoms with Crippen LogP contribution in [0, 0.1) is 22.8 Å². The lowest BCUT2D eigenvalue weighted by atomic mass is 9.76. The molecule has 0 aromatic heterocycles. The van der Waals surface area contributed by atoms with Crippen molar-refractivity contribution in [2.75, 3.05) is 0 Å². The summed E-state index contributed by atoms with van der Waals surface area (Å²) >= 11 is 1.90. The van der Waals surface area contributed by atoms with Gasteiger partial charge in [-0.05, 0) is 41.1 Å². The quantitative estimate of drug-likeness (QED) is 0.446. The zero-order valence-corrected chi connectivity index (χ0v) is 10.2. The summed E-state index contributed by atoms with van der Waals surface area (Å²) < 4.78 is 38.6. The Hall–Kier alpha value is -0.635. The SMILES string of the molecule is C#CCc1cc(I)c(C)c([B-](F)(F)F)c1.